The molecule has 0 aliphatic carbocycles. The maximum absolute atomic E-state index is 6.18. The predicted molar refractivity (Wildman–Crippen MR) is 130 cm³/mol. The van der Waals surface area contributed by atoms with Crippen molar-refractivity contribution in [2.24, 2.45) is 0 Å². The number of benzene rings is 2. The van der Waals surface area contributed by atoms with Crippen molar-refractivity contribution in [3.8, 4) is 0 Å². The second-order valence-electron chi connectivity index (χ2n) is 7.53. The van der Waals surface area contributed by atoms with Gasteiger partial charge in [-0.2, -0.15) is 0 Å². The molecule has 0 saturated carbocycles. The monoisotopic (exact) mass is 441 g/mol. The first-order chi connectivity index (χ1) is 14.4. The van der Waals surface area contributed by atoms with E-state index in [4.69, 9.17) is 23.8 Å². The lowest BCUT2D eigenvalue weighted by Gasteiger charge is -2.27. The van der Waals surface area contributed by atoms with E-state index in [1.54, 1.807) is 6.20 Å². The number of nitrogens with zero attached hydrogens (tertiary/aromatic N) is 4. The van der Waals surface area contributed by atoms with Crippen LogP contribution < -0.4 is 10.2 Å². The maximum atomic E-state index is 6.18. The summed E-state index contributed by atoms with van der Waals surface area (Å²) in [6.07, 6.45) is 6.59. The average Bonchev–Trinajstić information content (AvgIpc) is 3.24. The van der Waals surface area contributed by atoms with Crippen LogP contribution in [0.25, 0.3) is 0 Å². The van der Waals surface area contributed by atoms with Crippen molar-refractivity contribution in [3.63, 3.8) is 0 Å². The van der Waals surface area contributed by atoms with Crippen LogP contribution in [0.3, 0.4) is 0 Å². The number of thiocarbonyl (C=S) groups is 1. The van der Waals surface area contributed by atoms with E-state index in [2.05, 4.69) is 48.9 Å². The molecule has 0 fully saturated rings. The Kier molecular flexibility index (Phi) is 7.71. The molecule has 3 aromatic rings. The largest absolute Gasteiger partial charge is 0.378 e. The second-order valence-corrected chi connectivity index (χ2v) is 8.35. The predicted octanol–water partition coefficient (Wildman–Crippen LogP) is 5.20. The fourth-order valence-electron chi connectivity index (χ4n) is 3.16. The van der Waals surface area contributed by atoms with Crippen molar-refractivity contribution in [1.82, 2.24) is 14.5 Å². The van der Waals surface area contributed by atoms with Crippen LogP contribution in [0, 0.1) is 6.92 Å². The first-order valence-corrected chi connectivity index (χ1v) is 10.7. The van der Waals surface area contributed by atoms with Gasteiger partial charge in [0.1, 0.15) is 0 Å². The highest BCUT2D eigenvalue weighted by atomic mass is 35.5. The molecule has 0 amide bonds. The Bertz CT molecular complexity index is 954. The molecular formula is C23H28ClN5S. The molecule has 1 heterocycles. The molecule has 0 spiro atoms. The third-order valence-electron chi connectivity index (χ3n) is 4.96. The molecule has 158 valence electrons. The van der Waals surface area contributed by atoms with Gasteiger partial charge in [-0.1, -0.05) is 29.8 Å². The summed E-state index contributed by atoms with van der Waals surface area (Å²) in [5.74, 6) is 0. The Balaban J connectivity index is 1.71. The highest BCUT2D eigenvalue weighted by Crippen LogP contribution is 2.21. The van der Waals surface area contributed by atoms with Gasteiger partial charge in [-0.25, -0.2) is 4.98 Å². The quantitative estimate of drug-likeness (QED) is 0.486. The standard InChI is InChI=1S/C23H28ClN5S/c1-18-5-8-20(24)15-22(18)26-23(30)29(13-4-12-28-14-11-25-17-28)16-19-6-9-21(10-7-19)27(2)3/h5-11,14-15,17H,4,12-13,16H2,1-3H3,(H,26,30). The molecule has 0 unspecified atom stereocenters. The molecule has 0 aliphatic rings. The zero-order valence-corrected chi connectivity index (χ0v) is 19.2. The molecule has 0 bridgehead atoms. The number of hydrogen-bond donors (Lipinski definition) is 1. The van der Waals surface area contributed by atoms with Gasteiger partial charge in [-0.3, -0.25) is 0 Å². The Morgan fingerprint density at radius 3 is 2.60 bits per heavy atom. The Morgan fingerprint density at radius 2 is 1.93 bits per heavy atom. The summed E-state index contributed by atoms with van der Waals surface area (Å²) in [5.41, 5.74) is 4.45. The smallest absolute Gasteiger partial charge is 0.173 e. The van der Waals surface area contributed by atoms with Crippen molar-refractivity contribution in [2.75, 3.05) is 30.9 Å². The number of halogens is 1. The van der Waals surface area contributed by atoms with E-state index >= 15 is 0 Å². The fourth-order valence-corrected chi connectivity index (χ4v) is 3.60. The van der Waals surface area contributed by atoms with Crippen molar-refractivity contribution in [1.29, 1.82) is 0 Å². The van der Waals surface area contributed by atoms with Gasteiger partial charge in [0, 0.05) is 62.5 Å². The summed E-state index contributed by atoms with van der Waals surface area (Å²) in [4.78, 5) is 8.42. The number of rotatable bonds is 8. The van der Waals surface area contributed by atoms with Crippen LogP contribution in [-0.2, 0) is 13.1 Å². The molecule has 0 radical (unpaired) electrons. The highest BCUT2D eigenvalue weighted by Gasteiger charge is 2.12. The molecule has 3 rings (SSSR count). The van der Waals surface area contributed by atoms with Crippen molar-refractivity contribution in [3.05, 3.63) is 77.3 Å². The van der Waals surface area contributed by atoms with E-state index in [-0.39, 0.29) is 0 Å². The first-order valence-electron chi connectivity index (χ1n) is 9.96. The van der Waals surface area contributed by atoms with Crippen LogP contribution in [0.4, 0.5) is 11.4 Å². The van der Waals surface area contributed by atoms with Gasteiger partial charge in [0.2, 0.25) is 0 Å². The van der Waals surface area contributed by atoms with Gasteiger partial charge in [0.15, 0.2) is 5.11 Å². The normalized spacial score (nSPS) is 10.7. The summed E-state index contributed by atoms with van der Waals surface area (Å²) < 4.78 is 2.08. The van der Waals surface area contributed by atoms with Crippen LogP contribution in [-0.4, -0.2) is 40.2 Å². The lowest BCUT2D eigenvalue weighted by atomic mass is 10.2. The molecular weight excluding hydrogens is 414 g/mol. The van der Waals surface area contributed by atoms with Crippen LogP contribution in [0.2, 0.25) is 5.02 Å². The topological polar surface area (TPSA) is 36.3 Å². The minimum atomic E-state index is 0.692. The molecule has 1 N–H and O–H groups in total. The summed E-state index contributed by atoms with van der Waals surface area (Å²) in [6, 6.07) is 14.4. The number of aryl methyl sites for hydroxylation is 2. The SMILES string of the molecule is Cc1ccc(Cl)cc1NC(=S)N(CCCn1ccnc1)Cc1ccc(N(C)C)cc1. The zero-order valence-electron chi connectivity index (χ0n) is 17.7. The number of anilines is 2. The van der Waals surface area contributed by atoms with Crippen LogP contribution in [0.1, 0.15) is 17.5 Å². The van der Waals surface area contributed by atoms with E-state index in [0.717, 1.165) is 37.3 Å². The number of imidazole rings is 1. The average molecular weight is 442 g/mol. The van der Waals surface area contributed by atoms with Crippen LogP contribution in [0.15, 0.2) is 61.2 Å². The van der Waals surface area contributed by atoms with E-state index in [0.29, 0.717) is 10.1 Å². The molecule has 2 aromatic carbocycles. The molecule has 5 nitrogen and oxygen atoms in total. The van der Waals surface area contributed by atoms with E-state index in [1.165, 1.54) is 11.3 Å². The van der Waals surface area contributed by atoms with Gasteiger partial charge >= 0.3 is 0 Å². The summed E-state index contributed by atoms with van der Waals surface area (Å²) in [5, 5.41) is 4.78. The zero-order chi connectivity index (χ0) is 21.5. The lowest BCUT2D eigenvalue weighted by molar-refractivity contribution is 0.396. The van der Waals surface area contributed by atoms with Crippen LogP contribution >= 0.6 is 23.8 Å². The summed E-state index contributed by atoms with van der Waals surface area (Å²) in [6.45, 7) is 4.52. The molecule has 30 heavy (non-hydrogen) atoms. The molecule has 0 atom stereocenters. The van der Waals surface area contributed by atoms with Gasteiger partial charge in [0.05, 0.1) is 6.33 Å². The summed E-state index contributed by atoms with van der Waals surface area (Å²) >= 11 is 12.0. The van der Waals surface area contributed by atoms with Crippen molar-refractivity contribution >= 4 is 40.3 Å². The van der Waals surface area contributed by atoms with Gasteiger partial charge in [0.25, 0.3) is 0 Å². The number of hydrogen-bond acceptors (Lipinski definition) is 3. The maximum Gasteiger partial charge on any atom is 0.173 e. The van der Waals surface area contributed by atoms with E-state index < -0.39 is 0 Å². The first kappa shape index (κ1) is 22.1. The van der Waals surface area contributed by atoms with Crippen molar-refractivity contribution in [2.45, 2.75) is 26.4 Å². The van der Waals surface area contributed by atoms with Crippen molar-refractivity contribution < 1.29 is 0 Å². The Morgan fingerprint density at radius 1 is 1.17 bits per heavy atom. The van der Waals surface area contributed by atoms with E-state index in [1.807, 2.05) is 51.7 Å². The number of nitrogens with one attached hydrogen (secondary N) is 1. The van der Waals surface area contributed by atoms with Gasteiger partial charge in [-0.15, -0.1) is 0 Å². The minimum Gasteiger partial charge on any atom is -0.378 e. The third-order valence-corrected chi connectivity index (χ3v) is 5.55. The van der Waals surface area contributed by atoms with Gasteiger partial charge in [-0.05, 0) is 61.0 Å². The van der Waals surface area contributed by atoms with Gasteiger partial charge < -0.3 is 19.7 Å². The summed E-state index contributed by atoms with van der Waals surface area (Å²) in [7, 11) is 4.09. The lowest BCUT2D eigenvalue weighted by Crippen LogP contribution is -2.35. The molecule has 0 aliphatic heterocycles. The minimum absolute atomic E-state index is 0.692. The van der Waals surface area contributed by atoms with E-state index in [9.17, 15) is 0 Å². The Hall–Kier alpha value is -2.57. The highest BCUT2D eigenvalue weighted by molar-refractivity contribution is 7.80. The molecule has 0 saturated heterocycles. The third kappa shape index (κ3) is 6.21. The second kappa shape index (κ2) is 10.5. The molecule has 7 heteroatoms. The Labute approximate surface area is 189 Å². The fraction of sp³-hybridized carbons (Fsp3) is 0.304. The molecule has 1 aromatic heterocycles. The van der Waals surface area contributed by atoms with Crippen LogP contribution in [0.5, 0.6) is 0 Å². The number of aromatic nitrogens is 2.